The van der Waals surface area contributed by atoms with Gasteiger partial charge in [0.15, 0.2) is 6.29 Å². The molecule has 7 rings (SSSR count). The largest absolute Gasteiger partial charge is 0.490 e. The molecule has 0 aromatic rings. The third-order valence-electron chi connectivity index (χ3n) is 12.8. The number of fused-ring (bicyclic) bond motifs is 14. The molecule has 0 radical (unpaired) electrons. The van der Waals surface area contributed by atoms with E-state index in [2.05, 4.69) is 39.6 Å². The second-order valence-electron chi connectivity index (χ2n) is 14.6. The maximum Gasteiger partial charge on any atom is 0.304 e. The number of rotatable bonds is 8. The Morgan fingerprint density at radius 1 is 0.872 bits per heavy atom. The minimum absolute atomic E-state index is 0.251. The Kier molecular flexibility index (Phi) is 7.98. The van der Waals surface area contributed by atoms with Gasteiger partial charge >= 0.3 is 5.97 Å². The van der Waals surface area contributed by atoms with Crippen LogP contribution in [-0.2, 0) is 19.0 Å². The molecule has 0 aromatic heterocycles. The molecule has 4 nitrogen and oxygen atoms in total. The van der Waals surface area contributed by atoms with E-state index in [1.807, 2.05) is 6.92 Å². The Balaban J connectivity index is 0.000000142. The van der Waals surface area contributed by atoms with Crippen LogP contribution in [0, 0.1) is 76.9 Å². The molecule has 7 fully saturated rings. The van der Waals surface area contributed by atoms with E-state index in [0.717, 1.165) is 83.5 Å². The smallest absolute Gasteiger partial charge is 0.304 e. The highest BCUT2D eigenvalue weighted by Crippen LogP contribution is 2.69. The average Bonchev–Trinajstić information content (AvgIpc) is 3.72. The maximum atomic E-state index is 10.9. The first-order chi connectivity index (χ1) is 18.7. The summed E-state index contributed by atoms with van der Waals surface area (Å²) in [6, 6.07) is 0. The van der Waals surface area contributed by atoms with Crippen molar-refractivity contribution >= 4 is 18.6 Å². The number of carbonyl (C=O) groups is 1. The predicted octanol–water partition coefficient (Wildman–Crippen LogP) is 7.90. The fourth-order valence-corrected chi connectivity index (χ4v) is 12.0. The zero-order valence-corrected chi connectivity index (χ0v) is 25.6. The molecule has 15 atom stereocenters. The topological polar surface area (TPSA) is 44.8 Å². The third-order valence-corrected chi connectivity index (χ3v) is 13.1. The molecule has 7 saturated carbocycles. The number of hydrogen-bond acceptors (Lipinski definition) is 5. The van der Waals surface area contributed by atoms with Crippen LogP contribution in [0.15, 0.2) is 23.8 Å². The van der Waals surface area contributed by atoms with Crippen molar-refractivity contribution in [3.05, 3.63) is 23.8 Å². The van der Waals surface area contributed by atoms with E-state index < -0.39 is 0 Å². The minimum atomic E-state index is -0.387. The quantitative estimate of drug-likeness (QED) is 0.0824. The Labute approximate surface area is 242 Å². The third kappa shape index (κ3) is 5.04. The highest BCUT2D eigenvalue weighted by Gasteiger charge is 2.62. The summed E-state index contributed by atoms with van der Waals surface area (Å²) in [4.78, 5) is 11.6. The molecule has 39 heavy (non-hydrogen) atoms. The van der Waals surface area contributed by atoms with Gasteiger partial charge in [-0.05, 0) is 135 Å². The first-order valence-electron chi connectivity index (χ1n) is 16.2. The van der Waals surface area contributed by atoms with Crippen LogP contribution in [-0.4, -0.2) is 25.0 Å². The van der Waals surface area contributed by atoms with Gasteiger partial charge in [0.05, 0.1) is 6.61 Å². The predicted molar refractivity (Wildman–Crippen MR) is 158 cm³/mol. The van der Waals surface area contributed by atoms with Crippen LogP contribution in [0.1, 0.15) is 85.5 Å². The van der Waals surface area contributed by atoms with E-state index in [1.165, 1.54) is 64.7 Å². The van der Waals surface area contributed by atoms with Crippen LogP contribution in [0.5, 0.6) is 0 Å². The highest BCUT2D eigenvalue weighted by molar-refractivity contribution is 7.84. The number of hydrogen-bond donors (Lipinski definition) is 1. The van der Waals surface area contributed by atoms with Crippen molar-refractivity contribution in [2.45, 2.75) is 97.9 Å². The Hall–Kier alpha value is -0.940. The standard InChI is InChI=1S/C17H26O3.C17H26OS/c1-9(18)20-10(2)19-8-14-6-13-7-15(14)17-12-4-3-11(5-12)16(13)17;1-5-12-6-9(2)16-14-7-13(17(12)16)8-15(14)18-10(3)11(4)19/h10-17H,3-8H2,1-2H3;9,12-17,19H,3-8H2,1-2H3. The fraction of sp³-hybridized carbons (Fsp3) is 0.853. The van der Waals surface area contributed by atoms with Crippen molar-refractivity contribution in [2.75, 3.05) is 6.61 Å². The van der Waals surface area contributed by atoms with Crippen LogP contribution < -0.4 is 0 Å². The minimum Gasteiger partial charge on any atom is -0.490 e. The van der Waals surface area contributed by atoms with Crippen molar-refractivity contribution in [2.24, 2.45) is 76.9 Å². The molecule has 0 aromatic carbocycles. The van der Waals surface area contributed by atoms with Crippen LogP contribution >= 0.6 is 12.6 Å². The first-order valence-corrected chi connectivity index (χ1v) is 16.6. The van der Waals surface area contributed by atoms with Gasteiger partial charge < -0.3 is 14.2 Å². The Bertz CT molecular complexity index is 963. The van der Waals surface area contributed by atoms with Gasteiger partial charge in [-0.15, -0.1) is 12.6 Å². The SMILES string of the molecule is C=C(S)C(=C)OC1CC2CC1C1C(C)CC(CC)C21.CC(=O)OC(C)OCC1CC2CC1C1C3CCC(C3)C21. The molecule has 0 saturated heterocycles. The lowest BCUT2D eigenvalue weighted by molar-refractivity contribution is -0.176. The van der Waals surface area contributed by atoms with Crippen molar-refractivity contribution < 1.29 is 19.0 Å². The van der Waals surface area contributed by atoms with Crippen LogP contribution in [0.4, 0.5) is 0 Å². The van der Waals surface area contributed by atoms with Crippen LogP contribution in [0.25, 0.3) is 0 Å². The lowest BCUT2D eigenvalue weighted by Gasteiger charge is -2.38. The molecule has 7 aliphatic carbocycles. The normalized spacial score (nSPS) is 48.3. The molecule has 5 heteroatoms. The molecule has 7 aliphatic rings. The molecule has 0 N–H and O–H groups in total. The Morgan fingerprint density at radius 2 is 1.56 bits per heavy atom. The lowest BCUT2D eigenvalue weighted by Crippen LogP contribution is -2.35. The summed E-state index contributed by atoms with van der Waals surface area (Å²) in [5.74, 6) is 12.6. The van der Waals surface area contributed by atoms with Gasteiger partial charge in [-0.1, -0.05) is 33.4 Å². The summed E-state index contributed by atoms with van der Waals surface area (Å²) in [6.07, 6.45) is 12.8. The van der Waals surface area contributed by atoms with Gasteiger partial charge in [0.25, 0.3) is 0 Å². The summed E-state index contributed by atoms with van der Waals surface area (Å²) in [5, 5.41) is 0. The highest BCUT2D eigenvalue weighted by atomic mass is 32.1. The zero-order valence-electron chi connectivity index (χ0n) is 24.7. The van der Waals surface area contributed by atoms with Gasteiger partial charge in [-0.3, -0.25) is 4.79 Å². The summed E-state index contributed by atoms with van der Waals surface area (Å²) < 4.78 is 16.9. The number of ether oxygens (including phenoxy) is 3. The number of esters is 1. The molecule has 15 unspecified atom stereocenters. The van der Waals surface area contributed by atoms with Crippen molar-refractivity contribution in [3.63, 3.8) is 0 Å². The van der Waals surface area contributed by atoms with Gasteiger partial charge in [0, 0.05) is 11.8 Å². The average molecular weight is 557 g/mol. The molecule has 218 valence electrons. The fourth-order valence-electron chi connectivity index (χ4n) is 11.9. The Morgan fingerprint density at radius 3 is 2.26 bits per heavy atom. The molecule has 0 aliphatic heterocycles. The number of carbonyl (C=O) groups excluding carboxylic acids is 1. The second kappa shape index (κ2) is 11.0. The van der Waals surface area contributed by atoms with Gasteiger partial charge in [-0.25, -0.2) is 0 Å². The van der Waals surface area contributed by atoms with Gasteiger partial charge in [-0.2, -0.15) is 0 Å². The van der Waals surface area contributed by atoms with E-state index in [1.54, 1.807) is 0 Å². The van der Waals surface area contributed by atoms with E-state index in [-0.39, 0.29) is 12.3 Å². The van der Waals surface area contributed by atoms with E-state index in [0.29, 0.717) is 16.8 Å². The first kappa shape index (κ1) is 28.2. The van der Waals surface area contributed by atoms with E-state index >= 15 is 0 Å². The van der Waals surface area contributed by atoms with Crippen LogP contribution in [0.2, 0.25) is 0 Å². The molecule has 0 heterocycles. The van der Waals surface area contributed by atoms with Crippen molar-refractivity contribution in [1.82, 2.24) is 0 Å². The summed E-state index contributed by atoms with van der Waals surface area (Å²) >= 11 is 4.24. The maximum absolute atomic E-state index is 10.9. The lowest BCUT2D eigenvalue weighted by atomic mass is 9.68. The molecule has 0 spiro atoms. The van der Waals surface area contributed by atoms with Crippen molar-refractivity contribution in [3.8, 4) is 0 Å². The van der Waals surface area contributed by atoms with E-state index in [9.17, 15) is 4.79 Å². The molecular formula is C34H52O4S. The van der Waals surface area contributed by atoms with Gasteiger partial charge in [0.1, 0.15) is 11.9 Å². The van der Waals surface area contributed by atoms with E-state index in [4.69, 9.17) is 14.2 Å². The summed E-state index contributed by atoms with van der Waals surface area (Å²) in [6.45, 7) is 16.6. The summed E-state index contributed by atoms with van der Waals surface area (Å²) in [5.41, 5.74) is 0. The second-order valence-corrected chi connectivity index (χ2v) is 15.2. The molecule has 6 bridgehead atoms. The zero-order chi connectivity index (χ0) is 27.6. The summed E-state index contributed by atoms with van der Waals surface area (Å²) in [7, 11) is 0. The van der Waals surface area contributed by atoms with Crippen LogP contribution in [0.3, 0.4) is 0 Å². The van der Waals surface area contributed by atoms with Gasteiger partial charge in [0.2, 0.25) is 0 Å². The van der Waals surface area contributed by atoms with Crippen molar-refractivity contribution in [1.29, 1.82) is 0 Å². The molecular weight excluding hydrogens is 504 g/mol. The molecule has 0 amide bonds. The number of thiol groups is 1. The monoisotopic (exact) mass is 556 g/mol.